The predicted octanol–water partition coefficient (Wildman–Crippen LogP) is 1.00. The van der Waals surface area contributed by atoms with E-state index in [0.29, 0.717) is 6.54 Å². The third-order valence-corrected chi connectivity index (χ3v) is 6.06. The molecule has 0 aliphatic carbocycles. The van der Waals surface area contributed by atoms with Gasteiger partial charge in [0.15, 0.2) is 5.96 Å². The molecule has 0 spiro atoms. The second kappa shape index (κ2) is 12.2. The Kier molecular flexibility index (Phi) is 9.32. The van der Waals surface area contributed by atoms with Gasteiger partial charge in [-0.3, -0.25) is 14.8 Å². The summed E-state index contributed by atoms with van der Waals surface area (Å²) in [5, 5.41) is 6.91. The lowest BCUT2D eigenvalue weighted by molar-refractivity contribution is 0.0170. The first-order valence-corrected chi connectivity index (χ1v) is 11.2. The van der Waals surface area contributed by atoms with Crippen molar-refractivity contribution in [2.45, 2.75) is 13.0 Å². The molecular formula is C22H37FN6O. The lowest BCUT2D eigenvalue weighted by Crippen LogP contribution is -2.50. The van der Waals surface area contributed by atoms with Crippen molar-refractivity contribution in [2.75, 3.05) is 85.7 Å². The molecule has 0 radical (unpaired) electrons. The molecular weight excluding hydrogens is 383 g/mol. The quantitative estimate of drug-likeness (QED) is 0.484. The third-order valence-electron chi connectivity index (χ3n) is 6.06. The number of rotatable bonds is 8. The normalized spacial score (nSPS) is 20.8. The monoisotopic (exact) mass is 420 g/mol. The summed E-state index contributed by atoms with van der Waals surface area (Å²) in [5.74, 6) is 0.604. The summed E-state index contributed by atoms with van der Waals surface area (Å²) in [7, 11) is 1.80. The van der Waals surface area contributed by atoms with E-state index in [-0.39, 0.29) is 11.9 Å². The molecule has 2 aliphatic heterocycles. The van der Waals surface area contributed by atoms with E-state index in [0.717, 1.165) is 83.6 Å². The maximum Gasteiger partial charge on any atom is 0.191 e. The summed E-state index contributed by atoms with van der Waals surface area (Å²) in [5.41, 5.74) is 1.11. The number of nitrogens with zero attached hydrogens (tertiary/aromatic N) is 4. The maximum atomic E-state index is 13.4. The number of morpholine rings is 1. The lowest BCUT2D eigenvalue weighted by Gasteiger charge is -2.35. The molecule has 1 unspecified atom stereocenters. The van der Waals surface area contributed by atoms with Gasteiger partial charge < -0.3 is 20.3 Å². The van der Waals surface area contributed by atoms with Crippen molar-refractivity contribution in [3.8, 4) is 0 Å². The summed E-state index contributed by atoms with van der Waals surface area (Å²) < 4.78 is 18.9. The maximum absolute atomic E-state index is 13.4. The fourth-order valence-corrected chi connectivity index (χ4v) is 4.11. The fourth-order valence-electron chi connectivity index (χ4n) is 4.11. The smallest absolute Gasteiger partial charge is 0.191 e. The van der Waals surface area contributed by atoms with Crippen LogP contribution in [-0.2, 0) is 4.74 Å². The number of guanidine groups is 1. The molecule has 3 rings (SSSR count). The van der Waals surface area contributed by atoms with Crippen molar-refractivity contribution in [3.05, 3.63) is 35.6 Å². The Bertz CT molecular complexity index is 642. The summed E-state index contributed by atoms with van der Waals surface area (Å²) in [6, 6.07) is 6.98. The van der Waals surface area contributed by atoms with Crippen LogP contribution in [-0.4, -0.2) is 106 Å². The molecule has 0 aromatic heterocycles. The van der Waals surface area contributed by atoms with Crippen LogP contribution in [0.3, 0.4) is 0 Å². The SMILES string of the molecule is CCN1CCN(CCNC(=NC)NCC(c2ccc(F)cc2)N2CCOCC2)CC1. The summed E-state index contributed by atoms with van der Waals surface area (Å²) in [4.78, 5) is 11.8. The summed E-state index contributed by atoms with van der Waals surface area (Å²) >= 11 is 0. The van der Waals surface area contributed by atoms with Crippen LogP contribution in [0.5, 0.6) is 0 Å². The zero-order valence-corrected chi connectivity index (χ0v) is 18.4. The van der Waals surface area contributed by atoms with Gasteiger partial charge in [-0.05, 0) is 24.2 Å². The van der Waals surface area contributed by atoms with Crippen molar-refractivity contribution < 1.29 is 9.13 Å². The van der Waals surface area contributed by atoms with Crippen LogP contribution in [0.25, 0.3) is 0 Å². The Balaban J connectivity index is 1.48. The number of hydrogen-bond acceptors (Lipinski definition) is 5. The second-order valence-electron chi connectivity index (χ2n) is 7.87. The minimum Gasteiger partial charge on any atom is -0.379 e. The molecule has 30 heavy (non-hydrogen) atoms. The third kappa shape index (κ3) is 6.91. The molecule has 0 bridgehead atoms. The number of benzene rings is 1. The standard InChI is InChI=1S/C22H37FN6O/c1-3-27-10-12-28(13-11-27)9-8-25-22(24-2)26-18-21(29-14-16-30-17-15-29)19-4-6-20(23)7-5-19/h4-7,21H,3,8-18H2,1-2H3,(H2,24,25,26). The van der Waals surface area contributed by atoms with Crippen molar-refractivity contribution in [1.29, 1.82) is 0 Å². The first-order valence-electron chi connectivity index (χ1n) is 11.2. The van der Waals surface area contributed by atoms with Crippen LogP contribution >= 0.6 is 0 Å². The molecule has 2 aliphatic rings. The van der Waals surface area contributed by atoms with E-state index in [9.17, 15) is 4.39 Å². The molecule has 1 aromatic rings. The van der Waals surface area contributed by atoms with Crippen LogP contribution in [0.2, 0.25) is 0 Å². The largest absolute Gasteiger partial charge is 0.379 e. The number of halogens is 1. The van der Waals surface area contributed by atoms with Crippen LogP contribution < -0.4 is 10.6 Å². The number of piperazine rings is 1. The fraction of sp³-hybridized carbons (Fsp3) is 0.682. The van der Waals surface area contributed by atoms with Gasteiger partial charge in [-0.1, -0.05) is 19.1 Å². The molecule has 2 heterocycles. The van der Waals surface area contributed by atoms with Gasteiger partial charge >= 0.3 is 0 Å². The van der Waals surface area contributed by atoms with Gasteiger partial charge in [0.25, 0.3) is 0 Å². The minimum atomic E-state index is -0.204. The Labute approximate surface area is 180 Å². The average molecular weight is 421 g/mol. The van der Waals surface area contributed by atoms with Crippen molar-refractivity contribution in [2.24, 2.45) is 4.99 Å². The first-order chi connectivity index (χ1) is 14.7. The Morgan fingerprint density at radius 2 is 1.70 bits per heavy atom. The van der Waals surface area contributed by atoms with Gasteiger partial charge in [-0.15, -0.1) is 0 Å². The van der Waals surface area contributed by atoms with E-state index in [1.54, 1.807) is 7.05 Å². The Hall–Kier alpha value is -1.74. The van der Waals surface area contributed by atoms with Gasteiger partial charge in [-0.2, -0.15) is 0 Å². The van der Waals surface area contributed by atoms with Gasteiger partial charge in [0, 0.05) is 66.0 Å². The Morgan fingerprint density at radius 1 is 1.03 bits per heavy atom. The van der Waals surface area contributed by atoms with Gasteiger partial charge in [0.05, 0.1) is 19.3 Å². The molecule has 2 N–H and O–H groups in total. The second-order valence-corrected chi connectivity index (χ2v) is 7.87. The molecule has 1 atom stereocenters. The minimum absolute atomic E-state index is 0.148. The van der Waals surface area contributed by atoms with Crippen LogP contribution in [0, 0.1) is 5.82 Å². The number of hydrogen-bond donors (Lipinski definition) is 2. The van der Waals surface area contributed by atoms with Crippen molar-refractivity contribution in [1.82, 2.24) is 25.3 Å². The molecule has 8 heteroatoms. The zero-order chi connectivity index (χ0) is 21.2. The number of aliphatic imine (C=N–C) groups is 1. The van der Waals surface area contributed by atoms with E-state index in [1.165, 1.54) is 12.1 Å². The summed E-state index contributed by atoms with van der Waals surface area (Å²) in [6.45, 7) is 13.7. The summed E-state index contributed by atoms with van der Waals surface area (Å²) in [6.07, 6.45) is 0. The molecule has 2 fully saturated rings. The van der Waals surface area contributed by atoms with Gasteiger partial charge in [0.2, 0.25) is 0 Å². The van der Waals surface area contributed by atoms with Crippen LogP contribution in [0.15, 0.2) is 29.3 Å². The first kappa shape index (κ1) is 22.9. The van der Waals surface area contributed by atoms with Gasteiger partial charge in [-0.25, -0.2) is 4.39 Å². The van der Waals surface area contributed by atoms with Crippen LogP contribution in [0.4, 0.5) is 4.39 Å². The molecule has 168 valence electrons. The number of nitrogens with one attached hydrogen (secondary N) is 2. The predicted molar refractivity (Wildman–Crippen MR) is 119 cm³/mol. The Morgan fingerprint density at radius 3 is 2.33 bits per heavy atom. The van der Waals surface area contributed by atoms with E-state index in [1.807, 2.05) is 12.1 Å². The van der Waals surface area contributed by atoms with E-state index < -0.39 is 0 Å². The van der Waals surface area contributed by atoms with E-state index >= 15 is 0 Å². The van der Waals surface area contributed by atoms with Crippen molar-refractivity contribution in [3.63, 3.8) is 0 Å². The van der Waals surface area contributed by atoms with E-state index in [2.05, 4.69) is 37.2 Å². The lowest BCUT2D eigenvalue weighted by atomic mass is 10.0. The highest BCUT2D eigenvalue weighted by molar-refractivity contribution is 5.79. The average Bonchev–Trinajstić information content (AvgIpc) is 2.80. The molecule has 2 saturated heterocycles. The molecule has 7 nitrogen and oxygen atoms in total. The highest BCUT2D eigenvalue weighted by atomic mass is 19.1. The molecule has 0 amide bonds. The highest BCUT2D eigenvalue weighted by Crippen LogP contribution is 2.21. The van der Waals surface area contributed by atoms with Crippen molar-refractivity contribution >= 4 is 5.96 Å². The highest BCUT2D eigenvalue weighted by Gasteiger charge is 2.23. The molecule has 1 aromatic carbocycles. The zero-order valence-electron chi connectivity index (χ0n) is 18.4. The van der Waals surface area contributed by atoms with E-state index in [4.69, 9.17) is 4.74 Å². The number of ether oxygens (including phenoxy) is 1. The number of likely N-dealkylation sites (N-methyl/N-ethyl adjacent to an activating group) is 1. The topological polar surface area (TPSA) is 55.4 Å². The molecule has 0 saturated carbocycles. The van der Waals surface area contributed by atoms with Crippen LogP contribution in [0.1, 0.15) is 18.5 Å². The van der Waals surface area contributed by atoms with Gasteiger partial charge in [0.1, 0.15) is 5.82 Å².